The van der Waals surface area contributed by atoms with Crippen molar-refractivity contribution in [2.75, 3.05) is 26.3 Å². The van der Waals surface area contributed by atoms with Crippen LogP contribution >= 0.6 is 22.7 Å². The molecule has 2 aliphatic rings. The summed E-state index contributed by atoms with van der Waals surface area (Å²) in [6.07, 6.45) is 19.2. The molecule has 0 radical (unpaired) electrons. The number of aryl methyl sites for hydroxylation is 2. The van der Waals surface area contributed by atoms with Gasteiger partial charge in [0.05, 0.1) is 24.3 Å². The summed E-state index contributed by atoms with van der Waals surface area (Å²) in [5.74, 6) is -1.83. The molecule has 0 unspecified atom stereocenters. The van der Waals surface area contributed by atoms with Crippen LogP contribution in [0.3, 0.4) is 0 Å². The Labute approximate surface area is 531 Å². The highest BCUT2D eigenvalue weighted by molar-refractivity contribution is 7.19. The van der Waals surface area contributed by atoms with Crippen molar-refractivity contribution >= 4 is 69.4 Å². The van der Waals surface area contributed by atoms with Crippen LogP contribution in [0.15, 0.2) is 84.9 Å². The standard InChI is InChI=1S/C74H94N2O10S2/c1-9-13-17-25-39-53-47-59(87-65(53)51-35-27-23-28-36-51)55-49-57-62-61-58(68(78)75(69(79)63(55)61)43-31-19-21-33-45-83-71(81)85-73(5,6)41-15-11-3)50-56(60-48-54(40-26-18-14-10-2)66(88-60)52-37-29-24-30-38-52)64(62)70(80)76(67(57)77)44-32-20-22-34-46-84-72(82)86-74(7,8)42-16-12-4/h23-24,27-30,35-38,47-50H,9-22,25-26,31-34,39-46H2,1-8H3. The molecule has 4 aromatic carbocycles. The van der Waals surface area contributed by atoms with Crippen LogP contribution < -0.4 is 0 Å². The third-order valence-corrected chi connectivity index (χ3v) is 19.6. The Hall–Kier alpha value is -6.64. The van der Waals surface area contributed by atoms with E-state index in [4.69, 9.17) is 18.9 Å². The maximum absolute atomic E-state index is 15.7. The van der Waals surface area contributed by atoms with Gasteiger partial charge in [0.25, 0.3) is 23.6 Å². The van der Waals surface area contributed by atoms with Gasteiger partial charge < -0.3 is 18.9 Å². The van der Waals surface area contributed by atoms with Crippen LogP contribution in [0.25, 0.3) is 52.5 Å². The van der Waals surface area contributed by atoms with Gasteiger partial charge in [0.2, 0.25) is 0 Å². The van der Waals surface area contributed by atoms with Crippen LogP contribution in [0, 0.1) is 0 Å². The normalized spacial score (nSPS) is 13.3. The summed E-state index contributed by atoms with van der Waals surface area (Å²) in [4.78, 5) is 94.3. The fourth-order valence-corrected chi connectivity index (χ4v) is 14.7. The Balaban J connectivity index is 1.19. The van der Waals surface area contributed by atoms with Crippen molar-refractivity contribution in [1.82, 2.24) is 9.80 Å². The number of hydrogen-bond acceptors (Lipinski definition) is 12. The molecular weight excluding hydrogens is 1140 g/mol. The van der Waals surface area contributed by atoms with Crippen LogP contribution in [0.5, 0.6) is 0 Å². The van der Waals surface area contributed by atoms with Crippen molar-refractivity contribution in [2.24, 2.45) is 0 Å². The van der Waals surface area contributed by atoms with Crippen molar-refractivity contribution in [2.45, 2.75) is 221 Å². The molecule has 88 heavy (non-hydrogen) atoms. The molecule has 6 aromatic rings. The highest BCUT2D eigenvalue weighted by atomic mass is 32.1. The third-order valence-electron chi connectivity index (χ3n) is 17.1. The number of nitrogens with zero attached hydrogens (tertiary/aromatic N) is 2. The van der Waals surface area contributed by atoms with Crippen molar-refractivity contribution in [3.05, 3.63) is 118 Å². The maximum Gasteiger partial charge on any atom is 0.508 e. The lowest BCUT2D eigenvalue weighted by atomic mass is 9.80. The number of rotatable bonds is 36. The Kier molecular flexibility index (Phi) is 24.6. The SMILES string of the molecule is CCCCCCc1cc(-c2cc3c4c(c(-c5cc(CCCCCC)c(-c6ccccc6)s5)cc5c4c2C(=O)N(CCCCCCOC(=O)OC(C)(C)CCCC)C5=O)C(=O)N(CCCCCCOC(=O)OC(C)(C)CCCC)C3=O)sc1-c1ccccc1. The molecule has 0 atom stereocenters. The highest BCUT2D eigenvalue weighted by Crippen LogP contribution is 2.51. The Bertz CT molecular complexity index is 3140. The van der Waals surface area contributed by atoms with E-state index in [1.807, 2.05) is 76.2 Å². The quantitative estimate of drug-likeness (QED) is 0.0212. The highest BCUT2D eigenvalue weighted by Gasteiger charge is 2.43. The lowest BCUT2D eigenvalue weighted by molar-refractivity contribution is -0.0228. The summed E-state index contributed by atoms with van der Waals surface area (Å²) in [7, 11) is 0. The van der Waals surface area contributed by atoms with E-state index in [1.54, 1.807) is 22.7 Å². The topological polar surface area (TPSA) is 146 Å². The number of imide groups is 2. The first-order valence-corrected chi connectivity index (χ1v) is 34.6. The number of benzene rings is 4. The average Bonchev–Trinajstić information content (AvgIpc) is 2.22. The van der Waals surface area contributed by atoms with E-state index in [0.29, 0.717) is 95.5 Å². The molecule has 8 rings (SSSR count). The third kappa shape index (κ3) is 17.0. The molecule has 0 fully saturated rings. The summed E-state index contributed by atoms with van der Waals surface area (Å²) in [6.45, 7) is 16.9. The van der Waals surface area contributed by atoms with Crippen molar-refractivity contribution in [3.63, 3.8) is 0 Å². The van der Waals surface area contributed by atoms with Gasteiger partial charge in [-0.3, -0.25) is 29.0 Å². The minimum Gasteiger partial charge on any atom is -0.434 e. The molecule has 4 amide bonds. The van der Waals surface area contributed by atoms with Gasteiger partial charge in [-0.25, -0.2) is 9.59 Å². The molecule has 0 aliphatic carbocycles. The molecule has 14 heteroatoms. The van der Waals surface area contributed by atoms with E-state index in [1.165, 1.54) is 9.80 Å². The lowest BCUT2D eigenvalue weighted by Crippen LogP contribution is -2.44. The van der Waals surface area contributed by atoms with Crippen LogP contribution in [-0.2, 0) is 31.8 Å². The number of amides is 4. The Morgan fingerprint density at radius 2 is 0.784 bits per heavy atom. The van der Waals surface area contributed by atoms with Crippen molar-refractivity contribution in [3.8, 4) is 41.8 Å². The maximum atomic E-state index is 15.7. The largest absolute Gasteiger partial charge is 0.508 e. The molecule has 2 aromatic heterocycles. The van der Waals surface area contributed by atoms with Gasteiger partial charge in [-0.2, -0.15) is 0 Å². The predicted molar refractivity (Wildman–Crippen MR) is 357 cm³/mol. The summed E-state index contributed by atoms with van der Waals surface area (Å²) in [5, 5.41) is 0.707. The van der Waals surface area contributed by atoms with Gasteiger partial charge in [-0.15, -0.1) is 22.7 Å². The van der Waals surface area contributed by atoms with Crippen LogP contribution in [0.1, 0.15) is 249 Å². The Morgan fingerprint density at radius 1 is 0.420 bits per heavy atom. The molecule has 0 saturated carbocycles. The van der Waals surface area contributed by atoms with E-state index < -0.39 is 47.1 Å². The first-order valence-electron chi connectivity index (χ1n) is 33.0. The van der Waals surface area contributed by atoms with Gasteiger partial charge in [0.15, 0.2) is 0 Å². The summed E-state index contributed by atoms with van der Waals surface area (Å²) < 4.78 is 22.2. The monoisotopic (exact) mass is 1230 g/mol. The molecular formula is C74H94N2O10S2. The molecule has 472 valence electrons. The molecule has 0 bridgehead atoms. The van der Waals surface area contributed by atoms with Gasteiger partial charge in [-0.05, 0) is 164 Å². The summed E-state index contributed by atoms with van der Waals surface area (Å²) in [5.41, 5.74) is 5.60. The number of unbranched alkanes of at least 4 members (excludes halogenated alkanes) is 14. The first-order chi connectivity index (χ1) is 42.5. The van der Waals surface area contributed by atoms with Crippen LogP contribution in [-0.4, -0.2) is 83.2 Å². The van der Waals surface area contributed by atoms with Gasteiger partial charge in [0.1, 0.15) is 11.2 Å². The number of carbonyl (C=O) groups is 6. The van der Waals surface area contributed by atoms with E-state index in [9.17, 15) is 9.59 Å². The molecule has 0 saturated heterocycles. The lowest BCUT2D eigenvalue weighted by Gasteiger charge is -2.34. The molecule has 12 nitrogen and oxygen atoms in total. The van der Waals surface area contributed by atoms with Gasteiger partial charge >= 0.3 is 12.3 Å². The minimum atomic E-state index is -0.681. The fraction of sp³-hybridized carbons (Fsp3) is 0.514. The van der Waals surface area contributed by atoms with E-state index in [-0.39, 0.29) is 26.3 Å². The van der Waals surface area contributed by atoms with Gasteiger partial charge in [0, 0.05) is 65.6 Å². The second kappa shape index (κ2) is 32.2. The van der Waals surface area contributed by atoms with Crippen LogP contribution in [0.4, 0.5) is 9.59 Å². The van der Waals surface area contributed by atoms with Crippen molar-refractivity contribution in [1.29, 1.82) is 0 Å². The second-order valence-corrected chi connectivity index (χ2v) is 27.3. The number of hydrogen-bond donors (Lipinski definition) is 0. The summed E-state index contributed by atoms with van der Waals surface area (Å²) in [6, 6.07) is 28.6. The second-order valence-electron chi connectivity index (χ2n) is 25.2. The minimum absolute atomic E-state index is 0.145. The van der Waals surface area contributed by atoms with Crippen molar-refractivity contribution < 1.29 is 47.7 Å². The zero-order valence-corrected chi connectivity index (χ0v) is 55.3. The zero-order valence-electron chi connectivity index (χ0n) is 53.7. The average molecular weight is 1240 g/mol. The van der Waals surface area contributed by atoms with E-state index >= 15 is 19.2 Å². The molecule has 4 heterocycles. The molecule has 2 aliphatic heterocycles. The molecule has 0 N–H and O–H groups in total. The zero-order chi connectivity index (χ0) is 62.8. The Morgan fingerprint density at radius 3 is 1.16 bits per heavy atom. The van der Waals surface area contributed by atoms with Gasteiger partial charge in [-0.1, -0.05) is 153 Å². The first kappa shape index (κ1) is 67.3. The number of ether oxygens (including phenoxy) is 4. The number of carbonyl (C=O) groups excluding carboxylic acids is 6. The van der Waals surface area contributed by atoms with E-state index in [2.05, 4.69) is 64.1 Å². The number of thiophene rings is 2. The molecule has 0 spiro atoms. The predicted octanol–water partition coefficient (Wildman–Crippen LogP) is 20.4. The summed E-state index contributed by atoms with van der Waals surface area (Å²) >= 11 is 3.19. The van der Waals surface area contributed by atoms with Crippen LogP contribution in [0.2, 0.25) is 0 Å². The van der Waals surface area contributed by atoms with E-state index in [0.717, 1.165) is 144 Å². The fourth-order valence-electron chi connectivity index (χ4n) is 12.2. The smallest absolute Gasteiger partial charge is 0.434 e.